The molecule has 5 nitrogen and oxygen atoms in total. The molecule has 0 aromatic heterocycles. The van der Waals surface area contributed by atoms with Crippen molar-refractivity contribution in [1.82, 2.24) is 9.62 Å². The minimum Gasteiger partial charge on any atom is -0.341 e. The van der Waals surface area contributed by atoms with Crippen LogP contribution in [0.2, 0.25) is 0 Å². The van der Waals surface area contributed by atoms with Gasteiger partial charge in [0.05, 0.1) is 4.90 Å². The molecule has 0 bridgehead atoms. The molecule has 1 aliphatic rings. The van der Waals surface area contributed by atoms with Crippen molar-refractivity contribution >= 4 is 15.9 Å². The first-order chi connectivity index (χ1) is 11.7. The van der Waals surface area contributed by atoms with Crippen molar-refractivity contribution in [2.45, 2.75) is 64.3 Å². The lowest BCUT2D eigenvalue weighted by atomic mass is 10.0. The minimum atomic E-state index is -3.73. The second-order valence-electron chi connectivity index (χ2n) is 7.44. The van der Waals surface area contributed by atoms with E-state index in [2.05, 4.69) is 4.72 Å². The summed E-state index contributed by atoms with van der Waals surface area (Å²) < 4.78 is 28.3. The topological polar surface area (TPSA) is 66.5 Å². The fourth-order valence-corrected chi connectivity index (χ4v) is 4.43. The number of rotatable bonds is 6. The molecule has 1 N–H and O–H groups in total. The van der Waals surface area contributed by atoms with Crippen molar-refractivity contribution in [3.05, 3.63) is 29.3 Å². The van der Waals surface area contributed by atoms with Crippen LogP contribution in [-0.2, 0) is 14.8 Å². The molecular formula is C19H30N2O3S. The van der Waals surface area contributed by atoms with Crippen LogP contribution in [0.3, 0.4) is 0 Å². The third kappa shape index (κ3) is 5.28. The Morgan fingerprint density at radius 2 is 1.76 bits per heavy atom. The number of carbonyl (C=O) groups is 1. The number of likely N-dealkylation sites (tertiary alicyclic amines) is 1. The summed E-state index contributed by atoms with van der Waals surface area (Å²) in [7, 11) is -3.73. The zero-order valence-corrected chi connectivity index (χ0v) is 16.5. The van der Waals surface area contributed by atoms with Gasteiger partial charge in [-0.15, -0.1) is 0 Å². The number of hydrogen-bond acceptors (Lipinski definition) is 3. The molecule has 0 spiro atoms. The Labute approximate surface area is 151 Å². The Hall–Kier alpha value is -1.40. The van der Waals surface area contributed by atoms with Crippen molar-refractivity contribution in [3.8, 4) is 0 Å². The highest BCUT2D eigenvalue weighted by Gasteiger charge is 2.30. The van der Waals surface area contributed by atoms with E-state index < -0.39 is 16.1 Å². The lowest BCUT2D eigenvalue weighted by Crippen LogP contribution is -2.50. The van der Waals surface area contributed by atoms with Crippen LogP contribution in [0.5, 0.6) is 0 Å². The van der Waals surface area contributed by atoms with Gasteiger partial charge in [0.15, 0.2) is 0 Å². The first-order valence-corrected chi connectivity index (χ1v) is 10.6. The van der Waals surface area contributed by atoms with Crippen molar-refractivity contribution in [2.24, 2.45) is 5.92 Å². The van der Waals surface area contributed by atoms with Gasteiger partial charge in [-0.1, -0.05) is 19.9 Å². The molecule has 0 radical (unpaired) electrons. The highest BCUT2D eigenvalue weighted by molar-refractivity contribution is 7.89. The monoisotopic (exact) mass is 366 g/mol. The van der Waals surface area contributed by atoms with Crippen LogP contribution in [0, 0.1) is 19.8 Å². The Bertz CT molecular complexity index is 707. The lowest BCUT2D eigenvalue weighted by Gasteiger charge is -2.31. The number of benzene rings is 1. The van der Waals surface area contributed by atoms with Crippen LogP contribution in [-0.4, -0.2) is 38.4 Å². The maximum atomic E-state index is 12.9. The van der Waals surface area contributed by atoms with E-state index in [1.54, 1.807) is 23.1 Å². The van der Waals surface area contributed by atoms with Crippen molar-refractivity contribution < 1.29 is 13.2 Å². The van der Waals surface area contributed by atoms with E-state index in [4.69, 9.17) is 0 Å². The molecular weight excluding hydrogens is 336 g/mol. The van der Waals surface area contributed by atoms with Crippen molar-refractivity contribution in [1.29, 1.82) is 0 Å². The van der Waals surface area contributed by atoms with E-state index >= 15 is 0 Å². The molecule has 0 saturated carbocycles. The third-order valence-electron chi connectivity index (χ3n) is 4.76. The predicted octanol–water partition coefficient (Wildman–Crippen LogP) is 3.01. The van der Waals surface area contributed by atoms with Crippen LogP contribution in [0.25, 0.3) is 0 Å². The second-order valence-corrected chi connectivity index (χ2v) is 9.15. The van der Waals surface area contributed by atoms with E-state index in [9.17, 15) is 13.2 Å². The van der Waals surface area contributed by atoms with Crippen LogP contribution in [0.1, 0.15) is 50.7 Å². The first-order valence-electron chi connectivity index (χ1n) is 9.09. The van der Waals surface area contributed by atoms with Crippen LogP contribution in [0.15, 0.2) is 23.1 Å². The molecule has 1 heterocycles. The summed E-state index contributed by atoms with van der Waals surface area (Å²) in [5, 5.41) is 0. The zero-order valence-electron chi connectivity index (χ0n) is 15.7. The molecule has 25 heavy (non-hydrogen) atoms. The Balaban J connectivity index is 2.22. The van der Waals surface area contributed by atoms with E-state index in [0.29, 0.717) is 6.42 Å². The fourth-order valence-electron chi connectivity index (χ4n) is 3.14. The average Bonchev–Trinajstić information content (AvgIpc) is 2.56. The van der Waals surface area contributed by atoms with E-state index in [1.807, 2.05) is 27.7 Å². The minimum absolute atomic E-state index is 0.0965. The number of aryl methyl sites for hydroxylation is 2. The molecule has 0 unspecified atom stereocenters. The quantitative estimate of drug-likeness (QED) is 0.841. The number of sulfonamides is 1. The van der Waals surface area contributed by atoms with Gasteiger partial charge in [0.2, 0.25) is 15.9 Å². The Morgan fingerprint density at radius 3 is 2.32 bits per heavy atom. The Kier molecular flexibility index (Phi) is 6.63. The summed E-state index contributed by atoms with van der Waals surface area (Å²) in [6.45, 7) is 9.28. The van der Waals surface area contributed by atoms with Gasteiger partial charge in [-0.25, -0.2) is 8.42 Å². The van der Waals surface area contributed by atoms with Gasteiger partial charge in [0.1, 0.15) is 6.04 Å². The predicted molar refractivity (Wildman–Crippen MR) is 99.9 cm³/mol. The van der Waals surface area contributed by atoms with Crippen LogP contribution in [0.4, 0.5) is 0 Å². The van der Waals surface area contributed by atoms with Crippen molar-refractivity contribution in [3.63, 3.8) is 0 Å². The lowest BCUT2D eigenvalue weighted by molar-refractivity contribution is -0.134. The standard InChI is InChI=1S/C19H30N2O3S/c1-14(2)12-18(19(22)21-10-6-5-7-11-21)20-25(23,24)17-9-8-15(3)16(4)13-17/h8-9,13-14,18,20H,5-7,10-12H2,1-4H3/t18-/m1/s1. The van der Waals surface area contributed by atoms with Crippen LogP contribution >= 0.6 is 0 Å². The highest BCUT2D eigenvalue weighted by Crippen LogP contribution is 2.18. The van der Waals surface area contributed by atoms with Gasteiger partial charge < -0.3 is 4.90 Å². The summed E-state index contributed by atoms with van der Waals surface area (Å²) in [6.07, 6.45) is 3.61. The Morgan fingerprint density at radius 1 is 1.12 bits per heavy atom. The fraction of sp³-hybridized carbons (Fsp3) is 0.632. The molecule has 1 aromatic carbocycles. The smallest absolute Gasteiger partial charge is 0.241 e. The molecule has 1 aromatic rings. The molecule has 1 saturated heterocycles. The number of hydrogen-bond donors (Lipinski definition) is 1. The normalized spacial score (nSPS) is 16.9. The molecule has 1 amide bonds. The number of piperidine rings is 1. The number of nitrogens with one attached hydrogen (secondary N) is 1. The van der Waals surface area contributed by atoms with Gasteiger partial charge in [-0.05, 0) is 68.7 Å². The molecule has 1 fully saturated rings. The summed E-state index contributed by atoms with van der Waals surface area (Å²) in [6, 6.07) is 4.36. The summed E-state index contributed by atoms with van der Waals surface area (Å²) in [5.41, 5.74) is 1.97. The largest absolute Gasteiger partial charge is 0.341 e. The zero-order chi connectivity index (χ0) is 18.6. The van der Waals surface area contributed by atoms with Gasteiger partial charge in [-0.2, -0.15) is 4.72 Å². The van der Waals surface area contributed by atoms with E-state index in [-0.39, 0.29) is 16.7 Å². The molecule has 140 valence electrons. The second kappa shape index (κ2) is 8.32. The molecule has 1 aliphatic heterocycles. The van der Waals surface area contributed by atoms with Gasteiger partial charge >= 0.3 is 0 Å². The first kappa shape index (κ1) is 19.9. The molecule has 1 atom stereocenters. The number of amides is 1. The summed E-state index contributed by atoms with van der Waals surface area (Å²) >= 11 is 0. The molecule has 6 heteroatoms. The molecule has 0 aliphatic carbocycles. The highest BCUT2D eigenvalue weighted by atomic mass is 32.2. The maximum absolute atomic E-state index is 12.9. The van der Waals surface area contributed by atoms with Gasteiger partial charge in [0.25, 0.3) is 0 Å². The number of carbonyl (C=O) groups excluding carboxylic acids is 1. The van der Waals surface area contributed by atoms with Crippen LogP contribution < -0.4 is 4.72 Å². The summed E-state index contributed by atoms with van der Waals surface area (Å²) in [4.78, 5) is 14.9. The van der Waals surface area contributed by atoms with Crippen molar-refractivity contribution in [2.75, 3.05) is 13.1 Å². The SMILES string of the molecule is Cc1ccc(S(=O)(=O)N[C@H](CC(C)C)C(=O)N2CCCCC2)cc1C. The van der Waals surface area contributed by atoms with E-state index in [1.165, 1.54) is 0 Å². The average molecular weight is 367 g/mol. The van der Waals surface area contributed by atoms with Gasteiger partial charge in [0, 0.05) is 13.1 Å². The third-order valence-corrected chi connectivity index (χ3v) is 6.23. The number of nitrogens with zero attached hydrogens (tertiary/aromatic N) is 1. The van der Waals surface area contributed by atoms with E-state index in [0.717, 1.165) is 43.5 Å². The maximum Gasteiger partial charge on any atom is 0.241 e. The van der Waals surface area contributed by atoms with Gasteiger partial charge in [-0.3, -0.25) is 4.79 Å². The summed E-state index contributed by atoms with van der Waals surface area (Å²) in [5.74, 6) is 0.127. The molecule has 2 rings (SSSR count).